The third-order valence-corrected chi connectivity index (χ3v) is 3.93. The quantitative estimate of drug-likeness (QED) is 0.743. The van der Waals surface area contributed by atoms with Crippen LogP contribution in [0.25, 0.3) is 10.2 Å². The summed E-state index contributed by atoms with van der Waals surface area (Å²) >= 11 is 1.04. The summed E-state index contributed by atoms with van der Waals surface area (Å²) in [5, 5.41) is 5.65. The summed E-state index contributed by atoms with van der Waals surface area (Å²) in [6, 6.07) is 1.47. The second-order valence-corrected chi connectivity index (χ2v) is 5.21. The van der Waals surface area contributed by atoms with Crippen LogP contribution in [0.5, 0.6) is 0 Å². The van der Waals surface area contributed by atoms with Crippen molar-refractivity contribution in [1.29, 1.82) is 0 Å². The van der Waals surface area contributed by atoms with E-state index in [0.29, 0.717) is 10.2 Å². The molecular formula is C6H5N3O2S2. The number of nitrogens with two attached hydrogens (primary N) is 1. The van der Waals surface area contributed by atoms with E-state index in [9.17, 15) is 8.42 Å². The Morgan fingerprint density at radius 2 is 2.23 bits per heavy atom. The van der Waals surface area contributed by atoms with Crippen molar-refractivity contribution < 1.29 is 8.42 Å². The molecule has 0 bridgehead atoms. The Hall–Kier alpha value is -1.05. The third kappa shape index (κ3) is 1.53. The molecule has 0 aliphatic heterocycles. The monoisotopic (exact) mass is 215 g/mol. The van der Waals surface area contributed by atoms with Crippen molar-refractivity contribution in [3.63, 3.8) is 0 Å². The van der Waals surface area contributed by atoms with Crippen LogP contribution in [-0.2, 0) is 10.0 Å². The van der Waals surface area contributed by atoms with Crippen molar-refractivity contribution in [3.8, 4) is 0 Å². The zero-order chi connectivity index (χ0) is 9.47. The molecule has 0 amide bonds. The number of hydrogen-bond donors (Lipinski definition) is 1. The van der Waals surface area contributed by atoms with Crippen molar-refractivity contribution in [1.82, 2.24) is 9.97 Å². The Bertz CT molecular complexity index is 513. The number of rotatable bonds is 1. The van der Waals surface area contributed by atoms with E-state index in [-0.39, 0.29) is 4.21 Å². The highest BCUT2D eigenvalue weighted by atomic mass is 32.2. The molecule has 0 saturated carbocycles. The average molecular weight is 215 g/mol. The van der Waals surface area contributed by atoms with Crippen LogP contribution in [0.3, 0.4) is 0 Å². The summed E-state index contributed by atoms with van der Waals surface area (Å²) in [5.74, 6) is 0. The van der Waals surface area contributed by atoms with E-state index in [1.165, 1.54) is 12.4 Å². The van der Waals surface area contributed by atoms with Gasteiger partial charge in [-0.15, -0.1) is 11.3 Å². The largest absolute Gasteiger partial charge is 0.247 e. The molecule has 2 heterocycles. The third-order valence-electron chi connectivity index (χ3n) is 1.45. The van der Waals surface area contributed by atoms with Crippen LogP contribution in [0.4, 0.5) is 0 Å². The predicted molar refractivity (Wildman–Crippen MR) is 48.8 cm³/mol. The lowest BCUT2D eigenvalue weighted by Crippen LogP contribution is -2.09. The number of thiophene rings is 1. The Kier molecular flexibility index (Phi) is 1.79. The maximum atomic E-state index is 10.9. The molecule has 0 radical (unpaired) electrons. The summed E-state index contributed by atoms with van der Waals surface area (Å²) in [7, 11) is -3.61. The highest BCUT2D eigenvalue weighted by Crippen LogP contribution is 2.25. The van der Waals surface area contributed by atoms with E-state index < -0.39 is 10.0 Å². The number of nitrogens with zero attached hydrogens (tertiary/aromatic N) is 2. The van der Waals surface area contributed by atoms with Gasteiger partial charge in [-0.25, -0.2) is 23.5 Å². The number of fused-ring (bicyclic) bond motifs is 1. The van der Waals surface area contributed by atoms with Gasteiger partial charge in [0.15, 0.2) is 0 Å². The second kappa shape index (κ2) is 2.72. The summed E-state index contributed by atoms with van der Waals surface area (Å²) in [5.41, 5.74) is 0. The fraction of sp³-hybridized carbons (Fsp3) is 0. The molecule has 2 N–H and O–H groups in total. The van der Waals surface area contributed by atoms with E-state index in [1.54, 1.807) is 6.20 Å². The first-order valence-electron chi connectivity index (χ1n) is 3.30. The number of hydrogen-bond acceptors (Lipinski definition) is 5. The van der Waals surface area contributed by atoms with Crippen LogP contribution in [0, 0.1) is 0 Å². The molecule has 5 nitrogen and oxygen atoms in total. The SMILES string of the molecule is NS(=O)(=O)c1cc2cncnc2s1. The molecule has 7 heteroatoms. The van der Waals surface area contributed by atoms with Crippen LogP contribution in [0.15, 0.2) is 22.8 Å². The van der Waals surface area contributed by atoms with Gasteiger partial charge in [0, 0.05) is 11.6 Å². The van der Waals surface area contributed by atoms with E-state index in [4.69, 9.17) is 5.14 Å². The van der Waals surface area contributed by atoms with Crippen LogP contribution >= 0.6 is 11.3 Å². The first-order chi connectivity index (χ1) is 6.07. The molecule has 2 aromatic heterocycles. The highest BCUT2D eigenvalue weighted by molar-refractivity contribution is 7.91. The van der Waals surface area contributed by atoms with Gasteiger partial charge in [0.05, 0.1) is 0 Å². The molecule has 13 heavy (non-hydrogen) atoms. The van der Waals surface area contributed by atoms with E-state index in [1.807, 2.05) is 0 Å². The summed E-state index contributed by atoms with van der Waals surface area (Å²) < 4.78 is 22.0. The van der Waals surface area contributed by atoms with E-state index in [0.717, 1.165) is 11.3 Å². The van der Waals surface area contributed by atoms with Gasteiger partial charge in [-0.3, -0.25) is 0 Å². The topological polar surface area (TPSA) is 85.9 Å². The zero-order valence-electron chi connectivity index (χ0n) is 6.34. The van der Waals surface area contributed by atoms with Crippen LogP contribution < -0.4 is 5.14 Å². The van der Waals surface area contributed by atoms with Gasteiger partial charge in [0.2, 0.25) is 10.0 Å². The van der Waals surface area contributed by atoms with Gasteiger partial charge < -0.3 is 0 Å². The number of aromatic nitrogens is 2. The molecule has 68 valence electrons. The molecule has 0 fully saturated rings. The average Bonchev–Trinajstić information content (AvgIpc) is 2.45. The Balaban J connectivity index is 2.77. The molecule has 0 atom stereocenters. The number of sulfonamides is 1. The van der Waals surface area contributed by atoms with Gasteiger partial charge in [-0.05, 0) is 6.07 Å². The van der Waals surface area contributed by atoms with Crippen LogP contribution in [0.1, 0.15) is 0 Å². The summed E-state index contributed by atoms with van der Waals surface area (Å²) in [4.78, 5) is 8.30. The molecule has 0 aliphatic carbocycles. The Labute approximate surface area is 78.3 Å². The highest BCUT2D eigenvalue weighted by Gasteiger charge is 2.12. The zero-order valence-corrected chi connectivity index (χ0v) is 7.97. The first-order valence-corrected chi connectivity index (χ1v) is 5.66. The Morgan fingerprint density at radius 1 is 1.46 bits per heavy atom. The normalized spacial score (nSPS) is 12.1. The van der Waals surface area contributed by atoms with E-state index in [2.05, 4.69) is 9.97 Å². The molecular weight excluding hydrogens is 210 g/mol. The van der Waals surface area contributed by atoms with Crippen molar-refractivity contribution in [2.75, 3.05) is 0 Å². The minimum absolute atomic E-state index is 0.114. The molecule has 0 aromatic carbocycles. The molecule has 0 saturated heterocycles. The van der Waals surface area contributed by atoms with Gasteiger partial charge in [0.25, 0.3) is 0 Å². The predicted octanol–water partition coefficient (Wildman–Crippen LogP) is 0.339. The minimum atomic E-state index is -3.61. The molecule has 0 unspecified atom stereocenters. The molecule has 2 rings (SSSR count). The fourth-order valence-corrected chi connectivity index (χ4v) is 2.60. The van der Waals surface area contributed by atoms with Crippen molar-refractivity contribution in [3.05, 3.63) is 18.6 Å². The molecule has 0 aliphatic rings. The van der Waals surface area contributed by atoms with Gasteiger partial charge in [0.1, 0.15) is 15.4 Å². The molecule has 2 aromatic rings. The lowest BCUT2D eigenvalue weighted by atomic mass is 10.4. The van der Waals surface area contributed by atoms with Gasteiger partial charge in [-0.2, -0.15) is 0 Å². The minimum Gasteiger partial charge on any atom is -0.244 e. The van der Waals surface area contributed by atoms with Gasteiger partial charge in [-0.1, -0.05) is 0 Å². The summed E-state index contributed by atoms with van der Waals surface area (Å²) in [6.45, 7) is 0. The van der Waals surface area contributed by atoms with Crippen LogP contribution in [-0.4, -0.2) is 18.4 Å². The number of primary sulfonamides is 1. The van der Waals surface area contributed by atoms with Crippen molar-refractivity contribution >= 4 is 31.6 Å². The standard InChI is InChI=1S/C6H5N3O2S2/c7-13(10,11)5-1-4-2-8-3-9-6(4)12-5/h1-3H,(H2,7,10,11). The van der Waals surface area contributed by atoms with E-state index >= 15 is 0 Å². The van der Waals surface area contributed by atoms with Gasteiger partial charge >= 0.3 is 0 Å². The maximum Gasteiger partial charge on any atom is 0.247 e. The first kappa shape index (κ1) is 8.54. The lowest BCUT2D eigenvalue weighted by Gasteiger charge is -1.86. The second-order valence-electron chi connectivity index (χ2n) is 2.39. The van der Waals surface area contributed by atoms with Crippen molar-refractivity contribution in [2.45, 2.75) is 4.21 Å². The van der Waals surface area contributed by atoms with Crippen LogP contribution in [0.2, 0.25) is 0 Å². The fourth-order valence-electron chi connectivity index (χ4n) is 0.905. The Morgan fingerprint density at radius 3 is 2.85 bits per heavy atom. The summed E-state index contributed by atoms with van der Waals surface area (Å²) in [6.07, 6.45) is 2.92. The lowest BCUT2D eigenvalue weighted by molar-refractivity contribution is 0.600. The smallest absolute Gasteiger partial charge is 0.244 e. The molecule has 0 spiro atoms. The maximum absolute atomic E-state index is 10.9. The van der Waals surface area contributed by atoms with Crippen molar-refractivity contribution in [2.24, 2.45) is 5.14 Å².